The van der Waals surface area contributed by atoms with Crippen LogP contribution in [0.1, 0.15) is 34.6 Å². The van der Waals surface area contributed by atoms with Crippen molar-refractivity contribution in [1.82, 2.24) is 9.80 Å². The van der Waals surface area contributed by atoms with Crippen molar-refractivity contribution in [2.45, 2.75) is 36.2 Å². The summed E-state index contributed by atoms with van der Waals surface area (Å²) < 4.78 is 3.88. The van der Waals surface area contributed by atoms with E-state index in [2.05, 4.69) is 0 Å². The zero-order valence-corrected chi connectivity index (χ0v) is 17.0. The fourth-order valence-corrected chi connectivity index (χ4v) is 4.29. The molecule has 1 aromatic carbocycles. The van der Waals surface area contributed by atoms with Crippen LogP contribution in [0.4, 0.5) is 0 Å². The lowest BCUT2D eigenvalue weighted by atomic mass is 9.94. The van der Waals surface area contributed by atoms with E-state index in [0.29, 0.717) is 0 Å². The molecule has 3 amide bonds. The summed E-state index contributed by atoms with van der Waals surface area (Å²) in [6, 6.07) is 4.03. The van der Waals surface area contributed by atoms with Crippen LogP contribution in [0, 0.1) is 0 Å². The number of esters is 1. The smallest absolute Gasteiger partial charge is 0.330 e. The maximum absolute atomic E-state index is 12.9. The Morgan fingerprint density at radius 2 is 1.70 bits per heavy atom. The third-order valence-electron chi connectivity index (χ3n) is 4.70. The van der Waals surface area contributed by atoms with Gasteiger partial charge in [-0.3, -0.25) is 19.3 Å². The second-order valence-corrected chi connectivity index (χ2v) is 8.81. The molecule has 0 aromatic heterocycles. The van der Waals surface area contributed by atoms with Crippen LogP contribution in [0.2, 0.25) is 0 Å². The molecule has 1 fully saturated rings. The Kier molecular flexibility index (Phi) is 5.18. The Morgan fingerprint density at radius 3 is 2.11 bits per heavy atom. The summed E-state index contributed by atoms with van der Waals surface area (Å²) in [4.78, 5) is 52.3. The molecular weight excluding hydrogens is 415 g/mol. The second-order valence-electron chi connectivity index (χ2n) is 6.70. The van der Waals surface area contributed by atoms with Gasteiger partial charge in [0.1, 0.15) is 11.5 Å². The number of fused-ring (bicyclic) bond motifs is 1. The zero-order valence-electron chi connectivity index (χ0n) is 14.6. The molecule has 3 rings (SSSR count). The molecule has 1 aromatic rings. The number of β-lactam (4-membered cyclic amide) rings is 1. The number of carbonyl (C=O) groups is 4. The van der Waals surface area contributed by atoms with Crippen LogP contribution in [0.25, 0.3) is 0 Å². The van der Waals surface area contributed by atoms with Crippen molar-refractivity contribution in [1.29, 1.82) is 0 Å². The minimum atomic E-state index is -1.19. The van der Waals surface area contributed by atoms with Crippen LogP contribution < -0.4 is 0 Å². The van der Waals surface area contributed by atoms with Crippen molar-refractivity contribution in [3.05, 3.63) is 35.4 Å². The molecular formula is C17H16Cl2N2O5S. The molecule has 0 spiro atoms. The number of methoxy groups -OCH3 is 1. The average molecular weight is 431 g/mol. The van der Waals surface area contributed by atoms with Gasteiger partial charge < -0.3 is 9.64 Å². The molecule has 0 bridgehead atoms. The maximum Gasteiger partial charge on any atom is 0.330 e. The number of ether oxygens (including phenoxy) is 1. The van der Waals surface area contributed by atoms with Crippen molar-refractivity contribution in [3.63, 3.8) is 0 Å². The largest absolute Gasteiger partial charge is 0.467 e. The summed E-state index contributed by atoms with van der Waals surface area (Å²) in [5, 5.41) is 0. The lowest BCUT2D eigenvalue weighted by molar-refractivity contribution is -0.167. The van der Waals surface area contributed by atoms with Crippen molar-refractivity contribution in [3.8, 4) is 0 Å². The van der Waals surface area contributed by atoms with E-state index < -0.39 is 46.0 Å². The quantitative estimate of drug-likeness (QED) is 0.234. The molecule has 0 aliphatic carbocycles. The number of amides is 3. The van der Waals surface area contributed by atoms with Gasteiger partial charge in [-0.2, -0.15) is 0 Å². The van der Waals surface area contributed by atoms with Gasteiger partial charge in [0.25, 0.3) is 17.7 Å². The highest BCUT2D eigenvalue weighted by molar-refractivity contribution is 8.22. The second kappa shape index (κ2) is 7.00. The van der Waals surface area contributed by atoms with E-state index >= 15 is 0 Å². The van der Waals surface area contributed by atoms with E-state index in [1.807, 2.05) is 0 Å². The molecule has 1 saturated heterocycles. The van der Waals surface area contributed by atoms with Crippen LogP contribution >= 0.6 is 33.3 Å². The summed E-state index contributed by atoms with van der Waals surface area (Å²) in [7, 11) is 7.94. The van der Waals surface area contributed by atoms with E-state index in [0.717, 1.165) is 20.8 Å². The SMILES string of the molecule is COC(=O)C(N1C(=O)C(N2C(=O)c3ccccc3C2=O)C1Cl)C(C)(C)SCl. The fourth-order valence-electron chi connectivity index (χ4n) is 3.31. The highest BCUT2D eigenvalue weighted by atomic mass is 35.7. The Bertz CT molecular complexity index is 811. The molecule has 3 atom stereocenters. The highest BCUT2D eigenvalue weighted by Gasteiger charge is 2.61. The minimum Gasteiger partial charge on any atom is -0.467 e. The van der Waals surface area contributed by atoms with Gasteiger partial charge in [0, 0.05) is 0 Å². The zero-order chi connectivity index (χ0) is 20.1. The number of halogens is 2. The van der Waals surface area contributed by atoms with Crippen molar-refractivity contribution in [2.75, 3.05) is 7.11 Å². The molecule has 3 unspecified atom stereocenters. The number of nitrogens with zero attached hydrogens (tertiary/aromatic N) is 2. The number of hydrogen-bond acceptors (Lipinski definition) is 6. The van der Waals surface area contributed by atoms with E-state index in [1.165, 1.54) is 19.2 Å². The van der Waals surface area contributed by atoms with Crippen LogP contribution in [-0.2, 0) is 14.3 Å². The predicted molar refractivity (Wildman–Crippen MR) is 101 cm³/mol. The van der Waals surface area contributed by atoms with Crippen LogP contribution in [0.15, 0.2) is 24.3 Å². The maximum atomic E-state index is 12.9. The van der Waals surface area contributed by atoms with Gasteiger partial charge in [-0.15, -0.1) is 0 Å². The first-order chi connectivity index (χ1) is 12.7. The van der Waals surface area contributed by atoms with Crippen LogP contribution in [0.3, 0.4) is 0 Å². The third kappa shape index (κ3) is 2.90. The van der Waals surface area contributed by atoms with Gasteiger partial charge in [0.15, 0.2) is 6.04 Å². The molecule has 144 valence electrons. The van der Waals surface area contributed by atoms with Gasteiger partial charge in [0.2, 0.25) is 0 Å². The van der Waals surface area contributed by atoms with Gasteiger partial charge in [-0.1, -0.05) is 23.7 Å². The summed E-state index contributed by atoms with van der Waals surface area (Å²) in [5.41, 5.74) is -0.635. The fraction of sp³-hybridized carbons (Fsp3) is 0.412. The van der Waals surface area contributed by atoms with E-state index in [4.69, 9.17) is 27.0 Å². The molecule has 10 heteroatoms. The van der Waals surface area contributed by atoms with E-state index in [1.54, 1.807) is 26.0 Å². The molecule has 2 heterocycles. The molecule has 0 N–H and O–H groups in total. The number of likely N-dealkylation sites (tertiary alicyclic amines) is 1. The van der Waals surface area contributed by atoms with Gasteiger partial charge in [-0.05, 0) is 47.6 Å². The average Bonchev–Trinajstić information content (AvgIpc) is 2.90. The number of imide groups is 1. The molecule has 0 saturated carbocycles. The Balaban J connectivity index is 1.91. The Hall–Kier alpha value is -1.77. The third-order valence-corrected chi connectivity index (χ3v) is 6.96. The van der Waals surface area contributed by atoms with Crippen LogP contribution in [-0.4, -0.2) is 62.9 Å². The highest BCUT2D eigenvalue weighted by Crippen LogP contribution is 2.42. The summed E-state index contributed by atoms with van der Waals surface area (Å²) in [6.45, 7) is 3.33. The molecule has 0 radical (unpaired) electrons. The van der Waals surface area contributed by atoms with Crippen molar-refractivity contribution in [2.24, 2.45) is 0 Å². The van der Waals surface area contributed by atoms with E-state index in [9.17, 15) is 19.2 Å². The van der Waals surface area contributed by atoms with Crippen molar-refractivity contribution < 1.29 is 23.9 Å². The lowest BCUT2D eigenvalue weighted by Crippen LogP contribution is -2.75. The van der Waals surface area contributed by atoms with Gasteiger partial charge in [0.05, 0.1) is 23.0 Å². The lowest BCUT2D eigenvalue weighted by Gasteiger charge is -2.51. The number of benzene rings is 1. The summed E-state index contributed by atoms with van der Waals surface area (Å²) >= 11 is 6.39. The predicted octanol–water partition coefficient (Wildman–Crippen LogP) is 2.27. The molecule has 2 aliphatic rings. The molecule has 2 aliphatic heterocycles. The van der Waals surface area contributed by atoms with E-state index in [-0.39, 0.29) is 11.1 Å². The molecule has 27 heavy (non-hydrogen) atoms. The van der Waals surface area contributed by atoms with Crippen molar-refractivity contribution >= 4 is 56.9 Å². The topological polar surface area (TPSA) is 84.0 Å². The Morgan fingerprint density at radius 1 is 1.19 bits per heavy atom. The number of alkyl halides is 1. The monoisotopic (exact) mass is 430 g/mol. The number of hydrogen-bond donors (Lipinski definition) is 0. The Labute approximate surface area is 169 Å². The first-order valence-electron chi connectivity index (χ1n) is 7.98. The normalized spacial score (nSPS) is 23.2. The number of carbonyl (C=O) groups excluding carboxylic acids is 4. The standard InChI is InChI=1S/C17H16Cl2N2O5S/c1-17(2,27-19)11(16(25)26-3)21-12(18)10(15(21)24)20-13(22)8-6-4-5-7-9(8)14(20)23/h4-7,10-12H,1-3H3. The first-order valence-corrected chi connectivity index (χ1v) is 10.1. The summed E-state index contributed by atoms with van der Waals surface area (Å²) in [5.74, 6) is -2.47. The minimum absolute atomic E-state index is 0.221. The number of rotatable bonds is 5. The van der Waals surface area contributed by atoms with Gasteiger partial charge >= 0.3 is 5.97 Å². The first kappa shape index (κ1) is 20.0. The molecule has 7 nitrogen and oxygen atoms in total. The summed E-state index contributed by atoms with van der Waals surface area (Å²) in [6.07, 6.45) is 0. The van der Waals surface area contributed by atoms with Gasteiger partial charge in [-0.25, -0.2) is 4.79 Å². The van der Waals surface area contributed by atoms with Crippen LogP contribution in [0.5, 0.6) is 0 Å².